The van der Waals surface area contributed by atoms with Gasteiger partial charge in [-0.3, -0.25) is 33.8 Å². The normalized spacial score (nSPS) is 18.2. The second-order valence-corrected chi connectivity index (χ2v) is 22.9. The Labute approximate surface area is 448 Å². The minimum atomic E-state index is -1.11. The molecule has 18 heteroatoms. The molecule has 412 valence electrons. The molecule has 0 radical (unpaired) electrons. The maximum absolute atomic E-state index is 14.8. The Bertz CT molecular complexity index is 2610. The summed E-state index contributed by atoms with van der Waals surface area (Å²) in [7, 11) is 4.14. The lowest BCUT2D eigenvalue weighted by Gasteiger charge is -2.37. The average Bonchev–Trinajstić information content (AvgIpc) is 3.78. The van der Waals surface area contributed by atoms with Crippen LogP contribution in [0.25, 0.3) is 12.2 Å². The molecule has 3 aromatic rings. The zero-order valence-electron chi connectivity index (χ0n) is 46.7. The van der Waals surface area contributed by atoms with Gasteiger partial charge in [0.15, 0.2) is 0 Å². The van der Waals surface area contributed by atoms with Gasteiger partial charge >= 0.3 is 18.2 Å². The third kappa shape index (κ3) is 16.4. The molecule has 1 saturated heterocycles. The Kier molecular flexibility index (Phi) is 19.7. The van der Waals surface area contributed by atoms with E-state index in [1.165, 1.54) is 37.9 Å². The SMILES string of the molecule is COC(=O)C(Cc1ccc(C=Cc2ccc(C(=O)NC3CC(C(=O)NC4CCCc5ccccc54)N(C(=O)C(NC(=O)C(C)N(C)C(=O)OC(C)(C)C)C(C)(C)C)C3)cc2)cc1)NC(=O)C(C)N(C)C(=O)OC(C)(C)C. The maximum Gasteiger partial charge on any atom is 0.410 e. The monoisotopic (exact) mass is 1050 g/mol. The molecule has 1 aliphatic heterocycles. The second-order valence-electron chi connectivity index (χ2n) is 22.9. The van der Waals surface area contributed by atoms with Gasteiger partial charge in [-0.2, -0.15) is 0 Å². The molecule has 1 aliphatic carbocycles. The standard InChI is InChI=1S/C58H79N7O11/c1-35(63(12)54(72)75-57(6,7)8)48(66)61-45(53(71)74-14)32-39-26-24-37(25-27-39)22-23-38-28-30-41(31-29-38)50(68)59-42-33-46(51(69)60-44-21-17-19-40-18-15-16-20-43(40)44)65(34-42)52(70)47(56(3,4)5)62-49(67)36(2)64(13)55(73)76-58(9,10)11/h15-16,18,20,22-31,35-36,42,44-47H,17,19,21,32-34H2,1-14H3,(H,59,68)(H,60,69)(H,61,66)(H,62,67). The molecule has 0 spiro atoms. The predicted molar refractivity (Wildman–Crippen MR) is 289 cm³/mol. The van der Waals surface area contributed by atoms with Gasteiger partial charge in [0.2, 0.25) is 23.6 Å². The summed E-state index contributed by atoms with van der Waals surface area (Å²) in [4.78, 5) is 112. The van der Waals surface area contributed by atoms with Gasteiger partial charge < -0.3 is 40.4 Å². The highest BCUT2D eigenvalue weighted by atomic mass is 16.6. The van der Waals surface area contributed by atoms with Crippen LogP contribution >= 0.6 is 0 Å². The van der Waals surface area contributed by atoms with Crippen LogP contribution in [0.3, 0.4) is 0 Å². The van der Waals surface area contributed by atoms with Crippen molar-refractivity contribution in [3.8, 4) is 0 Å². The first-order valence-electron chi connectivity index (χ1n) is 25.9. The summed E-state index contributed by atoms with van der Waals surface area (Å²) in [6.45, 7) is 18.9. The van der Waals surface area contributed by atoms with Crippen LogP contribution in [0.4, 0.5) is 9.59 Å². The van der Waals surface area contributed by atoms with Crippen LogP contribution in [0.5, 0.6) is 0 Å². The lowest BCUT2D eigenvalue weighted by atomic mass is 9.85. The van der Waals surface area contributed by atoms with E-state index in [4.69, 9.17) is 14.2 Å². The number of amides is 7. The molecule has 7 unspecified atom stereocenters. The molecule has 2 aliphatic rings. The van der Waals surface area contributed by atoms with E-state index in [1.54, 1.807) is 72.7 Å². The molecular formula is C58H79N7O11. The van der Waals surface area contributed by atoms with E-state index in [9.17, 15) is 38.4 Å². The average molecular weight is 1050 g/mol. The zero-order valence-corrected chi connectivity index (χ0v) is 46.7. The number of aryl methyl sites for hydroxylation is 1. The number of carbonyl (C=O) groups is 8. The molecule has 5 rings (SSSR count). The highest BCUT2D eigenvalue weighted by Crippen LogP contribution is 2.32. The first-order chi connectivity index (χ1) is 35.5. The highest BCUT2D eigenvalue weighted by Gasteiger charge is 2.46. The summed E-state index contributed by atoms with van der Waals surface area (Å²) in [5.41, 5.74) is 2.59. The second kappa shape index (κ2) is 25.1. The Morgan fingerprint density at radius 3 is 1.76 bits per heavy atom. The van der Waals surface area contributed by atoms with Gasteiger partial charge in [0.05, 0.1) is 13.2 Å². The molecule has 7 atom stereocenters. The van der Waals surface area contributed by atoms with E-state index in [1.807, 2.05) is 75.4 Å². The van der Waals surface area contributed by atoms with Gasteiger partial charge in [-0.1, -0.05) is 93.6 Å². The number of likely N-dealkylation sites (N-methyl/N-ethyl adjacent to an activating group) is 2. The number of ether oxygens (including phenoxy) is 3. The van der Waals surface area contributed by atoms with Gasteiger partial charge in [-0.05, 0) is 126 Å². The van der Waals surface area contributed by atoms with Crippen LogP contribution in [0, 0.1) is 5.41 Å². The topological polar surface area (TPSA) is 222 Å². The number of esters is 1. The third-order valence-corrected chi connectivity index (χ3v) is 13.5. The van der Waals surface area contributed by atoms with Crippen LogP contribution < -0.4 is 21.3 Å². The first-order valence-corrected chi connectivity index (χ1v) is 25.9. The molecule has 0 bridgehead atoms. The smallest absolute Gasteiger partial charge is 0.410 e. The van der Waals surface area contributed by atoms with Gasteiger partial charge in [0.25, 0.3) is 5.91 Å². The minimum absolute atomic E-state index is 0.00394. The van der Waals surface area contributed by atoms with E-state index in [-0.39, 0.29) is 31.3 Å². The van der Waals surface area contributed by atoms with Crippen molar-refractivity contribution in [1.29, 1.82) is 0 Å². The summed E-state index contributed by atoms with van der Waals surface area (Å²) < 4.78 is 15.8. The van der Waals surface area contributed by atoms with E-state index in [2.05, 4.69) is 27.3 Å². The largest absolute Gasteiger partial charge is 0.467 e. The van der Waals surface area contributed by atoms with Crippen molar-refractivity contribution in [2.45, 2.75) is 162 Å². The minimum Gasteiger partial charge on any atom is -0.467 e. The van der Waals surface area contributed by atoms with Crippen LogP contribution in [0.1, 0.15) is 140 Å². The van der Waals surface area contributed by atoms with Crippen LogP contribution in [-0.4, -0.2) is 138 Å². The van der Waals surface area contributed by atoms with E-state index < -0.39 is 94.7 Å². The number of rotatable bonds is 16. The van der Waals surface area contributed by atoms with E-state index in [0.717, 1.165) is 52.0 Å². The number of fused-ring (bicyclic) bond motifs is 1. The van der Waals surface area contributed by atoms with Crippen molar-refractivity contribution in [1.82, 2.24) is 36.0 Å². The molecule has 1 heterocycles. The Morgan fingerprint density at radius 1 is 0.711 bits per heavy atom. The zero-order chi connectivity index (χ0) is 56.4. The summed E-state index contributed by atoms with van der Waals surface area (Å²) in [5.74, 6) is -3.02. The molecule has 18 nitrogen and oxygen atoms in total. The van der Waals surface area contributed by atoms with Crippen molar-refractivity contribution < 1.29 is 52.6 Å². The van der Waals surface area contributed by atoms with Gasteiger partial charge in [0.1, 0.15) is 41.4 Å². The molecule has 3 aromatic carbocycles. The molecular weight excluding hydrogens is 971 g/mol. The number of likely N-dealkylation sites (tertiary alicyclic amines) is 1. The number of hydrogen-bond donors (Lipinski definition) is 4. The van der Waals surface area contributed by atoms with Gasteiger partial charge in [-0.15, -0.1) is 0 Å². The number of nitrogens with zero attached hydrogens (tertiary/aromatic N) is 3. The van der Waals surface area contributed by atoms with Crippen LogP contribution in [0.15, 0.2) is 72.8 Å². The fourth-order valence-corrected chi connectivity index (χ4v) is 8.85. The number of methoxy groups -OCH3 is 1. The fourth-order valence-electron chi connectivity index (χ4n) is 8.85. The molecule has 0 aromatic heterocycles. The highest BCUT2D eigenvalue weighted by molar-refractivity contribution is 5.97. The summed E-state index contributed by atoms with van der Waals surface area (Å²) in [6, 6.07) is 16.5. The van der Waals surface area contributed by atoms with Crippen molar-refractivity contribution in [3.05, 3.63) is 106 Å². The number of carbonyl (C=O) groups excluding carboxylic acids is 8. The lowest BCUT2D eigenvalue weighted by molar-refractivity contribution is -0.145. The van der Waals surface area contributed by atoms with Crippen molar-refractivity contribution in [2.24, 2.45) is 5.41 Å². The van der Waals surface area contributed by atoms with Gasteiger partial charge in [-0.25, -0.2) is 14.4 Å². The van der Waals surface area contributed by atoms with Crippen LogP contribution in [-0.2, 0) is 51.0 Å². The van der Waals surface area contributed by atoms with Gasteiger partial charge in [0, 0.05) is 38.7 Å². The number of hydrogen-bond acceptors (Lipinski definition) is 11. The van der Waals surface area contributed by atoms with E-state index in [0.29, 0.717) is 5.56 Å². The first kappa shape index (κ1) is 59.6. The van der Waals surface area contributed by atoms with Crippen molar-refractivity contribution in [3.63, 3.8) is 0 Å². The molecule has 7 amide bonds. The Morgan fingerprint density at radius 2 is 1.24 bits per heavy atom. The van der Waals surface area contributed by atoms with E-state index >= 15 is 0 Å². The molecule has 76 heavy (non-hydrogen) atoms. The number of benzene rings is 3. The molecule has 0 saturated carbocycles. The number of nitrogens with one attached hydrogen (secondary N) is 4. The quantitative estimate of drug-likeness (QED) is 0.0650. The Balaban J connectivity index is 1.26. The van der Waals surface area contributed by atoms with Crippen molar-refractivity contribution in [2.75, 3.05) is 27.7 Å². The molecule has 4 N–H and O–H groups in total. The summed E-state index contributed by atoms with van der Waals surface area (Å²) >= 11 is 0. The fraction of sp³-hybridized carbons (Fsp3) is 0.517. The summed E-state index contributed by atoms with van der Waals surface area (Å²) in [5, 5.41) is 11.9. The predicted octanol–water partition coefficient (Wildman–Crippen LogP) is 6.99. The third-order valence-electron chi connectivity index (χ3n) is 13.5. The van der Waals surface area contributed by atoms with Crippen LogP contribution in [0.2, 0.25) is 0 Å². The Hall–Kier alpha value is -7.24. The lowest BCUT2D eigenvalue weighted by Crippen LogP contribution is -2.60. The molecule has 1 fully saturated rings. The maximum atomic E-state index is 14.8. The van der Waals surface area contributed by atoms with Crippen molar-refractivity contribution >= 4 is 59.8 Å². The summed E-state index contributed by atoms with van der Waals surface area (Å²) in [6.07, 6.45) is 5.18.